The number of hydrogen-bond acceptors (Lipinski definition) is 3. The molecule has 0 bridgehead atoms. The molecule has 1 heterocycles. The van der Waals surface area contributed by atoms with Crippen molar-refractivity contribution in [3.8, 4) is 5.75 Å². The van der Waals surface area contributed by atoms with Gasteiger partial charge in [0.05, 0.1) is 6.61 Å². The summed E-state index contributed by atoms with van der Waals surface area (Å²) in [5.74, 6) is -0.446. The highest BCUT2D eigenvalue weighted by atomic mass is 19.1. The van der Waals surface area contributed by atoms with Crippen LogP contribution < -0.4 is 15.4 Å². The SMILES string of the molecule is CCOc1ccc(CCNC(=O)C2CCC(=O)N2)cc1F. The van der Waals surface area contributed by atoms with Gasteiger partial charge in [-0.25, -0.2) is 4.39 Å². The smallest absolute Gasteiger partial charge is 0.242 e. The van der Waals surface area contributed by atoms with Crippen molar-refractivity contribution in [2.24, 2.45) is 0 Å². The monoisotopic (exact) mass is 294 g/mol. The van der Waals surface area contributed by atoms with E-state index in [1.807, 2.05) is 0 Å². The van der Waals surface area contributed by atoms with E-state index in [4.69, 9.17) is 4.74 Å². The lowest BCUT2D eigenvalue weighted by molar-refractivity contribution is -0.125. The Morgan fingerprint density at radius 3 is 2.95 bits per heavy atom. The minimum atomic E-state index is -0.436. The largest absolute Gasteiger partial charge is 0.491 e. The first-order valence-corrected chi connectivity index (χ1v) is 7.08. The summed E-state index contributed by atoms with van der Waals surface area (Å²) in [5.41, 5.74) is 0.784. The third-order valence-corrected chi connectivity index (χ3v) is 3.32. The second-order valence-electron chi connectivity index (χ2n) is 4.90. The van der Waals surface area contributed by atoms with Crippen LogP contribution in [0.1, 0.15) is 25.3 Å². The summed E-state index contributed by atoms with van der Waals surface area (Å²) in [6.07, 6.45) is 1.44. The molecule has 0 spiro atoms. The van der Waals surface area contributed by atoms with Gasteiger partial charge in [0.1, 0.15) is 6.04 Å². The average molecular weight is 294 g/mol. The predicted molar refractivity (Wildman–Crippen MR) is 75.4 cm³/mol. The molecule has 2 rings (SSSR count). The normalized spacial score (nSPS) is 17.4. The van der Waals surface area contributed by atoms with Crippen LogP contribution in [-0.2, 0) is 16.0 Å². The molecule has 1 aromatic rings. The minimum Gasteiger partial charge on any atom is -0.491 e. The van der Waals surface area contributed by atoms with Crippen LogP contribution in [0.2, 0.25) is 0 Å². The Kier molecular flexibility index (Phi) is 5.14. The van der Waals surface area contributed by atoms with Gasteiger partial charge in [-0.2, -0.15) is 0 Å². The van der Waals surface area contributed by atoms with Gasteiger partial charge in [0.25, 0.3) is 0 Å². The van der Waals surface area contributed by atoms with Crippen molar-refractivity contribution in [3.63, 3.8) is 0 Å². The van der Waals surface area contributed by atoms with Gasteiger partial charge in [-0.1, -0.05) is 6.07 Å². The molecule has 6 heteroatoms. The molecule has 2 N–H and O–H groups in total. The van der Waals surface area contributed by atoms with Crippen LogP contribution in [0, 0.1) is 5.82 Å². The maximum atomic E-state index is 13.7. The Hall–Kier alpha value is -2.11. The van der Waals surface area contributed by atoms with E-state index in [0.717, 1.165) is 5.56 Å². The van der Waals surface area contributed by atoms with E-state index in [1.165, 1.54) is 6.07 Å². The van der Waals surface area contributed by atoms with E-state index < -0.39 is 11.9 Å². The van der Waals surface area contributed by atoms with E-state index in [-0.39, 0.29) is 17.6 Å². The van der Waals surface area contributed by atoms with Gasteiger partial charge in [-0.15, -0.1) is 0 Å². The zero-order chi connectivity index (χ0) is 15.2. The Labute approximate surface area is 122 Å². The molecule has 0 radical (unpaired) electrons. The molecule has 1 aliphatic rings. The molecule has 0 saturated carbocycles. The van der Waals surface area contributed by atoms with Crippen LogP contribution in [0.5, 0.6) is 5.75 Å². The van der Waals surface area contributed by atoms with E-state index in [1.54, 1.807) is 19.1 Å². The Morgan fingerprint density at radius 2 is 2.33 bits per heavy atom. The molecule has 0 aliphatic carbocycles. The first-order valence-electron chi connectivity index (χ1n) is 7.08. The number of nitrogens with one attached hydrogen (secondary N) is 2. The number of rotatable bonds is 6. The topological polar surface area (TPSA) is 67.4 Å². The third-order valence-electron chi connectivity index (χ3n) is 3.32. The number of carbonyl (C=O) groups is 2. The zero-order valence-electron chi connectivity index (χ0n) is 11.9. The fourth-order valence-electron chi connectivity index (χ4n) is 2.24. The summed E-state index contributed by atoms with van der Waals surface area (Å²) >= 11 is 0. The minimum absolute atomic E-state index is 0.0938. The van der Waals surface area contributed by atoms with Gasteiger partial charge >= 0.3 is 0 Å². The lowest BCUT2D eigenvalue weighted by Crippen LogP contribution is -2.42. The van der Waals surface area contributed by atoms with E-state index >= 15 is 0 Å². The molecule has 5 nitrogen and oxygen atoms in total. The second-order valence-corrected chi connectivity index (χ2v) is 4.90. The summed E-state index contributed by atoms with van der Waals surface area (Å²) in [4.78, 5) is 22.8. The molecule has 1 unspecified atom stereocenters. The van der Waals surface area contributed by atoms with E-state index in [2.05, 4.69) is 10.6 Å². The predicted octanol–water partition coefficient (Wildman–Crippen LogP) is 1.16. The molecule has 1 atom stereocenters. The Balaban J connectivity index is 1.79. The van der Waals surface area contributed by atoms with Crippen LogP contribution in [0.15, 0.2) is 18.2 Å². The fraction of sp³-hybridized carbons (Fsp3) is 0.467. The van der Waals surface area contributed by atoms with Crippen molar-refractivity contribution in [1.82, 2.24) is 10.6 Å². The quantitative estimate of drug-likeness (QED) is 0.827. The molecule has 1 aliphatic heterocycles. The molecule has 1 saturated heterocycles. The van der Waals surface area contributed by atoms with Crippen LogP contribution in [0.3, 0.4) is 0 Å². The van der Waals surface area contributed by atoms with Gasteiger partial charge in [0.2, 0.25) is 11.8 Å². The average Bonchev–Trinajstić information content (AvgIpc) is 2.88. The maximum absolute atomic E-state index is 13.7. The van der Waals surface area contributed by atoms with Gasteiger partial charge in [-0.05, 0) is 37.5 Å². The number of amides is 2. The number of halogens is 1. The van der Waals surface area contributed by atoms with Crippen molar-refractivity contribution in [2.75, 3.05) is 13.2 Å². The van der Waals surface area contributed by atoms with E-state index in [0.29, 0.717) is 32.4 Å². The van der Waals surface area contributed by atoms with Crippen LogP contribution in [-0.4, -0.2) is 31.0 Å². The lowest BCUT2D eigenvalue weighted by Gasteiger charge is -2.11. The summed E-state index contributed by atoms with van der Waals surface area (Å²) in [5, 5.41) is 5.35. The highest BCUT2D eigenvalue weighted by Crippen LogP contribution is 2.18. The summed E-state index contributed by atoms with van der Waals surface area (Å²) < 4.78 is 18.8. The first kappa shape index (κ1) is 15.3. The standard InChI is InChI=1S/C15H19FN2O3/c1-2-21-13-5-3-10(9-11(13)16)7-8-17-15(20)12-4-6-14(19)18-12/h3,5,9,12H,2,4,6-8H2,1H3,(H,17,20)(H,18,19). The van der Waals surface area contributed by atoms with Gasteiger partial charge in [0.15, 0.2) is 11.6 Å². The van der Waals surface area contributed by atoms with Gasteiger partial charge < -0.3 is 15.4 Å². The van der Waals surface area contributed by atoms with Crippen molar-refractivity contribution < 1.29 is 18.7 Å². The van der Waals surface area contributed by atoms with E-state index in [9.17, 15) is 14.0 Å². The Morgan fingerprint density at radius 1 is 1.52 bits per heavy atom. The molecule has 21 heavy (non-hydrogen) atoms. The molecule has 1 fully saturated rings. The van der Waals surface area contributed by atoms with Crippen molar-refractivity contribution in [1.29, 1.82) is 0 Å². The highest BCUT2D eigenvalue weighted by molar-refractivity contribution is 5.90. The molecular formula is C15H19FN2O3. The number of hydrogen-bond donors (Lipinski definition) is 2. The van der Waals surface area contributed by atoms with Crippen molar-refractivity contribution in [3.05, 3.63) is 29.6 Å². The molecule has 1 aromatic carbocycles. The van der Waals surface area contributed by atoms with Gasteiger partial charge in [0, 0.05) is 13.0 Å². The summed E-state index contributed by atoms with van der Waals surface area (Å²) in [6.45, 7) is 2.61. The first-order chi connectivity index (χ1) is 10.1. The van der Waals surface area contributed by atoms with Crippen LogP contribution in [0.25, 0.3) is 0 Å². The number of benzene rings is 1. The van der Waals surface area contributed by atoms with Crippen LogP contribution in [0.4, 0.5) is 4.39 Å². The number of carbonyl (C=O) groups excluding carboxylic acids is 2. The van der Waals surface area contributed by atoms with Crippen molar-refractivity contribution in [2.45, 2.75) is 32.2 Å². The van der Waals surface area contributed by atoms with Gasteiger partial charge in [-0.3, -0.25) is 9.59 Å². The molecular weight excluding hydrogens is 275 g/mol. The highest BCUT2D eigenvalue weighted by Gasteiger charge is 2.26. The summed E-state index contributed by atoms with van der Waals surface area (Å²) in [7, 11) is 0. The molecule has 0 aromatic heterocycles. The zero-order valence-corrected chi connectivity index (χ0v) is 11.9. The second kappa shape index (κ2) is 7.06. The lowest BCUT2D eigenvalue weighted by atomic mass is 10.1. The molecule has 2 amide bonds. The Bertz CT molecular complexity index is 534. The molecule has 114 valence electrons. The fourth-order valence-corrected chi connectivity index (χ4v) is 2.24. The third kappa shape index (κ3) is 4.18. The van der Waals surface area contributed by atoms with Crippen molar-refractivity contribution >= 4 is 11.8 Å². The number of ether oxygens (including phenoxy) is 1. The summed E-state index contributed by atoms with van der Waals surface area (Å²) in [6, 6.07) is 4.34. The maximum Gasteiger partial charge on any atom is 0.242 e. The van der Waals surface area contributed by atoms with Crippen LogP contribution >= 0.6 is 0 Å².